The van der Waals surface area contributed by atoms with Crippen LogP contribution in [0.2, 0.25) is 0 Å². The van der Waals surface area contributed by atoms with E-state index >= 15 is 0 Å². The smallest absolute Gasteiger partial charge is 0.0372 e. The van der Waals surface area contributed by atoms with Crippen molar-refractivity contribution >= 4 is 5.69 Å². The van der Waals surface area contributed by atoms with Crippen LogP contribution in [0.3, 0.4) is 0 Å². The van der Waals surface area contributed by atoms with Gasteiger partial charge >= 0.3 is 0 Å². The number of hydrogen-bond donors (Lipinski definition) is 1. The summed E-state index contributed by atoms with van der Waals surface area (Å²) in [7, 11) is 0. The van der Waals surface area contributed by atoms with Gasteiger partial charge in [0, 0.05) is 12.2 Å². The number of benzene rings is 1. The molecule has 1 heterocycles. The summed E-state index contributed by atoms with van der Waals surface area (Å²) in [6.45, 7) is 8.14. The molecule has 1 aliphatic rings. The Morgan fingerprint density at radius 1 is 1.25 bits per heavy atom. The molecule has 0 radical (unpaired) electrons. The molecular formula is C15H23N. The highest BCUT2D eigenvalue weighted by atomic mass is 14.9. The van der Waals surface area contributed by atoms with Crippen LogP contribution in [0.15, 0.2) is 24.3 Å². The zero-order valence-corrected chi connectivity index (χ0v) is 10.7. The molecule has 1 nitrogen and oxygen atoms in total. The van der Waals surface area contributed by atoms with Gasteiger partial charge in [-0.05, 0) is 42.2 Å². The molecule has 1 heteroatoms. The van der Waals surface area contributed by atoms with Crippen LogP contribution in [-0.2, 0) is 6.42 Å². The minimum Gasteiger partial charge on any atom is -0.385 e. The van der Waals surface area contributed by atoms with Gasteiger partial charge in [-0.1, -0.05) is 39.0 Å². The molecule has 0 fully saturated rings. The maximum Gasteiger partial charge on any atom is 0.0372 e. The van der Waals surface area contributed by atoms with Gasteiger partial charge in [0.25, 0.3) is 0 Å². The monoisotopic (exact) mass is 217 g/mol. The SMILES string of the molecule is CC(C)(C)CCC1CNc2ccccc2C1. The summed E-state index contributed by atoms with van der Waals surface area (Å²) in [6.07, 6.45) is 3.91. The van der Waals surface area contributed by atoms with E-state index in [2.05, 4.69) is 50.4 Å². The third-order valence-electron chi connectivity index (χ3n) is 3.41. The van der Waals surface area contributed by atoms with Gasteiger partial charge in [0.1, 0.15) is 0 Å². The van der Waals surface area contributed by atoms with Gasteiger partial charge in [0.05, 0.1) is 0 Å². The molecule has 16 heavy (non-hydrogen) atoms. The molecule has 0 spiro atoms. The van der Waals surface area contributed by atoms with Crippen molar-refractivity contribution in [2.45, 2.75) is 40.0 Å². The Morgan fingerprint density at radius 3 is 2.75 bits per heavy atom. The second kappa shape index (κ2) is 4.48. The minimum absolute atomic E-state index is 0.469. The number of hydrogen-bond acceptors (Lipinski definition) is 1. The van der Waals surface area contributed by atoms with Gasteiger partial charge in [-0.2, -0.15) is 0 Å². The summed E-state index contributed by atoms with van der Waals surface area (Å²) in [5, 5.41) is 3.55. The maximum atomic E-state index is 3.55. The first-order chi connectivity index (χ1) is 7.54. The Balaban J connectivity index is 1.93. The molecule has 0 saturated carbocycles. The van der Waals surface area contributed by atoms with Crippen LogP contribution in [0.25, 0.3) is 0 Å². The van der Waals surface area contributed by atoms with Crippen molar-refractivity contribution in [3.05, 3.63) is 29.8 Å². The van der Waals surface area contributed by atoms with Gasteiger partial charge in [-0.3, -0.25) is 0 Å². The summed E-state index contributed by atoms with van der Waals surface area (Å²) in [5.74, 6) is 0.814. The first-order valence-corrected chi connectivity index (χ1v) is 6.36. The summed E-state index contributed by atoms with van der Waals surface area (Å²) in [4.78, 5) is 0. The Hall–Kier alpha value is -0.980. The Bertz CT molecular complexity index is 349. The van der Waals surface area contributed by atoms with Crippen LogP contribution in [0.4, 0.5) is 5.69 Å². The zero-order chi connectivity index (χ0) is 11.6. The lowest BCUT2D eigenvalue weighted by Crippen LogP contribution is -2.24. The summed E-state index contributed by atoms with van der Waals surface area (Å²) in [6, 6.07) is 8.70. The first-order valence-electron chi connectivity index (χ1n) is 6.36. The molecule has 88 valence electrons. The highest BCUT2D eigenvalue weighted by Crippen LogP contribution is 2.30. The molecule has 0 aromatic heterocycles. The fourth-order valence-corrected chi connectivity index (χ4v) is 2.35. The molecule has 1 N–H and O–H groups in total. The fraction of sp³-hybridized carbons (Fsp3) is 0.600. The summed E-state index contributed by atoms with van der Waals surface area (Å²) in [5.41, 5.74) is 3.30. The normalized spacial score (nSPS) is 20.1. The lowest BCUT2D eigenvalue weighted by Gasteiger charge is -2.28. The largest absolute Gasteiger partial charge is 0.385 e. The number of fused-ring (bicyclic) bond motifs is 1. The molecule has 2 rings (SSSR count). The average Bonchev–Trinajstić information content (AvgIpc) is 2.25. The molecule has 1 unspecified atom stereocenters. The second-order valence-electron chi connectivity index (χ2n) is 6.21. The van der Waals surface area contributed by atoms with Crippen LogP contribution in [0.1, 0.15) is 39.2 Å². The Morgan fingerprint density at radius 2 is 2.00 bits per heavy atom. The van der Waals surface area contributed by atoms with E-state index in [4.69, 9.17) is 0 Å². The zero-order valence-electron chi connectivity index (χ0n) is 10.7. The summed E-state index contributed by atoms with van der Waals surface area (Å²) >= 11 is 0. The van der Waals surface area contributed by atoms with Crippen LogP contribution in [0, 0.1) is 11.3 Å². The van der Waals surface area contributed by atoms with Gasteiger partial charge in [0.15, 0.2) is 0 Å². The number of nitrogens with one attached hydrogen (secondary N) is 1. The van der Waals surface area contributed by atoms with Crippen molar-refractivity contribution in [3.8, 4) is 0 Å². The van der Waals surface area contributed by atoms with Crippen LogP contribution < -0.4 is 5.32 Å². The van der Waals surface area contributed by atoms with E-state index < -0.39 is 0 Å². The molecule has 0 amide bonds. The van der Waals surface area contributed by atoms with Crippen molar-refractivity contribution in [3.63, 3.8) is 0 Å². The lowest BCUT2D eigenvalue weighted by atomic mass is 9.83. The van der Waals surface area contributed by atoms with E-state index in [1.807, 2.05) is 0 Å². The minimum atomic E-state index is 0.469. The van der Waals surface area contributed by atoms with E-state index in [1.165, 1.54) is 30.5 Å². The topological polar surface area (TPSA) is 12.0 Å². The van der Waals surface area contributed by atoms with Crippen molar-refractivity contribution < 1.29 is 0 Å². The van der Waals surface area contributed by atoms with Gasteiger partial charge in [-0.25, -0.2) is 0 Å². The molecule has 0 bridgehead atoms. The average molecular weight is 217 g/mol. The molecule has 1 aromatic rings. The molecule has 0 saturated heterocycles. The van der Waals surface area contributed by atoms with Crippen molar-refractivity contribution in [1.82, 2.24) is 0 Å². The van der Waals surface area contributed by atoms with Gasteiger partial charge < -0.3 is 5.32 Å². The van der Waals surface area contributed by atoms with Gasteiger partial charge in [-0.15, -0.1) is 0 Å². The van der Waals surface area contributed by atoms with Crippen LogP contribution in [-0.4, -0.2) is 6.54 Å². The Labute approximate surface area is 99.3 Å². The standard InChI is InChI=1S/C15H23N/c1-15(2,3)9-8-12-10-13-6-4-5-7-14(13)16-11-12/h4-7,12,16H,8-11H2,1-3H3. The van der Waals surface area contributed by atoms with Crippen molar-refractivity contribution in [1.29, 1.82) is 0 Å². The predicted octanol–water partition coefficient (Wildman–Crippen LogP) is 4.10. The molecular weight excluding hydrogens is 194 g/mol. The van der Waals surface area contributed by atoms with E-state index in [1.54, 1.807) is 0 Å². The maximum absolute atomic E-state index is 3.55. The quantitative estimate of drug-likeness (QED) is 0.786. The number of rotatable bonds is 2. The third kappa shape index (κ3) is 3.01. The summed E-state index contributed by atoms with van der Waals surface area (Å²) < 4.78 is 0. The molecule has 1 atom stereocenters. The van der Waals surface area contributed by atoms with E-state index in [0.717, 1.165) is 12.5 Å². The number of para-hydroxylation sites is 1. The van der Waals surface area contributed by atoms with Crippen LogP contribution >= 0.6 is 0 Å². The second-order valence-corrected chi connectivity index (χ2v) is 6.21. The van der Waals surface area contributed by atoms with E-state index in [0.29, 0.717) is 5.41 Å². The predicted molar refractivity (Wildman–Crippen MR) is 70.8 cm³/mol. The van der Waals surface area contributed by atoms with Gasteiger partial charge in [0.2, 0.25) is 0 Å². The Kier molecular flexibility index (Phi) is 3.22. The van der Waals surface area contributed by atoms with E-state index in [9.17, 15) is 0 Å². The highest BCUT2D eigenvalue weighted by molar-refractivity contribution is 5.53. The lowest BCUT2D eigenvalue weighted by molar-refractivity contribution is 0.323. The molecule has 1 aliphatic heterocycles. The molecule has 1 aromatic carbocycles. The van der Waals surface area contributed by atoms with Crippen LogP contribution in [0.5, 0.6) is 0 Å². The van der Waals surface area contributed by atoms with Crippen molar-refractivity contribution in [2.24, 2.45) is 11.3 Å². The number of anilines is 1. The third-order valence-corrected chi connectivity index (χ3v) is 3.41. The fourth-order valence-electron chi connectivity index (χ4n) is 2.35. The van der Waals surface area contributed by atoms with E-state index in [-0.39, 0.29) is 0 Å². The first kappa shape index (κ1) is 11.5. The molecule has 0 aliphatic carbocycles. The highest BCUT2D eigenvalue weighted by Gasteiger charge is 2.20. The van der Waals surface area contributed by atoms with Crippen molar-refractivity contribution in [2.75, 3.05) is 11.9 Å².